The van der Waals surface area contributed by atoms with E-state index >= 15 is 0 Å². The highest BCUT2D eigenvalue weighted by Gasteiger charge is 2.27. The summed E-state index contributed by atoms with van der Waals surface area (Å²) in [5.41, 5.74) is 0.589. The van der Waals surface area contributed by atoms with Gasteiger partial charge in [-0.25, -0.2) is 0 Å². The predicted molar refractivity (Wildman–Crippen MR) is 89.2 cm³/mol. The van der Waals surface area contributed by atoms with Crippen LogP contribution in [0.5, 0.6) is 0 Å². The average Bonchev–Trinajstić information content (AvgIpc) is 3.15. The summed E-state index contributed by atoms with van der Waals surface area (Å²) in [5.74, 6) is -0.177. The predicted octanol–water partition coefficient (Wildman–Crippen LogP) is 1.50. The number of benzene rings is 1. The summed E-state index contributed by atoms with van der Waals surface area (Å²) in [7, 11) is 0. The van der Waals surface area contributed by atoms with E-state index < -0.39 is 0 Å². The number of hydrogen-bond donors (Lipinski definition) is 1. The van der Waals surface area contributed by atoms with Crippen LogP contribution in [0.3, 0.4) is 0 Å². The first kappa shape index (κ1) is 16.0. The van der Waals surface area contributed by atoms with Crippen molar-refractivity contribution in [2.75, 3.05) is 32.7 Å². The van der Waals surface area contributed by atoms with E-state index in [4.69, 9.17) is 0 Å². The maximum Gasteiger partial charge on any atom is 0.251 e. The number of hydrogen-bond acceptors (Lipinski definition) is 3. The molecule has 0 aromatic heterocycles. The zero-order chi connectivity index (χ0) is 16.1. The summed E-state index contributed by atoms with van der Waals surface area (Å²) in [6, 6.07) is 9.73. The summed E-state index contributed by atoms with van der Waals surface area (Å²) in [6.45, 7) is 3.55. The van der Waals surface area contributed by atoms with Crippen LogP contribution in [0.15, 0.2) is 30.3 Å². The molecule has 1 aromatic rings. The molecule has 0 unspecified atom stereocenters. The first-order chi connectivity index (χ1) is 11.2. The molecule has 1 saturated carbocycles. The smallest absolute Gasteiger partial charge is 0.251 e. The van der Waals surface area contributed by atoms with Gasteiger partial charge in [0.2, 0.25) is 5.91 Å². The fourth-order valence-corrected chi connectivity index (χ4v) is 3.57. The van der Waals surface area contributed by atoms with E-state index in [1.54, 1.807) is 12.1 Å². The minimum Gasteiger partial charge on any atom is -0.343 e. The first-order valence-electron chi connectivity index (χ1n) is 8.59. The Hall–Kier alpha value is -1.88. The zero-order valence-corrected chi connectivity index (χ0v) is 13.5. The number of piperazine rings is 1. The molecule has 1 N–H and O–H groups in total. The number of carbonyl (C=O) groups is 2. The van der Waals surface area contributed by atoms with Crippen molar-refractivity contribution < 1.29 is 9.59 Å². The van der Waals surface area contributed by atoms with Crippen molar-refractivity contribution in [1.29, 1.82) is 0 Å². The topological polar surface area (TPSA) is 52.7 Å². The second-order valence-electron chi connectivity index (χ2n) is 6.40. The minimum atomic E-state index is -0.191. The molecule has 0 bridgehead atoms. The average molecular weight is 315 g/mol. The summed E-state index contributed by atoms with van der Waals surface area (Å²) >= 11 is 0. The second kappa shape index (κ2) is 7.59. The first-order valence-corrected chi connectivity index (χ1v) is 8.59. The number of carbonyl (C=O) groups excluding carboxylic acids is 2. The Morgan fingerprint density at radius 2 is 1.65 bits per heavy atom. The van der Waals surface area contributed by atoms with Crippen LogP contribution in [0, 0.1) is 0 Å². The van der Waals surface area contributed by atoms with Crippen LogP contribution in [0.25, 0.3) is 0 Å². The summed E-state index contributed by atoms with van der Waals surface area (Å²) in [6.07, 6.45) is 5.30. The molecular weight excluding hydrogens is 290 g/mol. The van der Waals surface area contributed by atoms with Gasteiger partial charge in [0, 0.05) is 37.8 Å². The van der Waals surface area contributed by atoms with Crippen LogP contribution in [0.2, 0.25) is 0 Å². The van der Waals surface area contributed by atoms with E-state index in [9.17, 15) is 9.59 Å². The number of nitrogens with zero attached hydrogens (tertiary/aromatic N) is 2. The molecule has 1 heterocycles. The van der Waals surface area contributed by atoms with Crippen molar-refractivity contribution in [1.82, 2.24) is 15.1 Å². The van der Waals surface area contributed by atoms with Gasteiger partial charge >= 0.3 is 0 Å². The highest BCUT2D eigenvalue weighted by molar-refractivity contribution is 5.96. The normalized spacial score (nSPS) is 19.7. The zero-order valence-electron chi connectivity index (χ0n) is 13.5. The lowest BCUT2D eigenvalue weighted by Gasteiger charge is -2.38. The van der Waals surface area contributed by atoms with Crippen LogP contribution in [-0.4, -0.2) is 60.4 Å². The van der Waals surface area contributed by atoms with Crippen molar-refractivity contribution in [3.8, 4) is 0 Å². The lowest BCUT2D eigenvalue weighted by molar-refractivity contribution is -0.132. The van der Waals surface area contributed by atoms with E-state index in [1.165, 1.54) is 25.7 Å². The lowest BCUT2D eigenvalue weighted by atomic mass is 10.2. The van der Waals surface area contributed by atoms with Gasteiger partial charge in [0.05, 0.1) is 6.54 Å². The van der Waals surface area contributed by atoms with Crippen molar-refractivity contribution in [3.63, 3.8) is 0 Å². The molecule has 1 saturated heterocycles. The Morgan fingerprint density at radius 1 is 1.00 bits per heavy atom. The van der Waals surface area contributed by atoms with Crippen LogP contribution < -0.4 is 5.32 Å². The minimum absolute atomic E-state index is 0.0142. The van der Waals surface area contributed by atoms with Crippen LogP contribution >= 0.6 is 0 Å². The largest absolute Gasteiger partial charge is 0.343 e. The van der Waals surface area contributed by atoms with Gasteiger partial charge in [-0.05, 0) is 25.0 Å². The van der Waals surface area contributed by atoms with E-state index in [1.807, 2.05) is 23.1 Å². The number of nitrogens with one attached hydrogen (secondary N) is 1. The van der Waals surface area contributed by atoms with Crippen molar-refractivity contribution in [2.45, 2.75) is 31.7 Å². The Labute approximate surface area is 137 Å². The van der Waals surface area contributed by atoms with E-state index in [-0.39, 0.29) is 18.4 Å². The molecule has 3 rings (SSSR count). The molecule has 5 heteroatoms. The third-order valence-corrected chi connectivity index (χ3v) is 4.94. The Bertz CT molecular complexity index is 532. The third kappa shape index (κ3) is 4.10. The van der Waals surface area contributed by atoms with E-state index in [0.717, 1.165) is 32.2 Å². The molecular formula is C18H25N3O2. The van der Waals surface area contributed by atoms with Gasteiger partial charge in [-0.2, -0.15) is 0 Å². The van der Waals surface area contributed by atoms with Crippen molar-refractivity contribution in [2.24, 2.45) is 0 Å². The third-order valence-electron chi connectivity index (χ3n) is 4.94. The SMILES string of the molecule is O=C(NCC(=O)N1CCN(C2CCCC2)CC1)c1ccccc1. The molecule has 1 aliphatic carbocycles. The monoisotopic (exact) mass is 315 g/mol. The molecule has 2 aliphatic rings. The van der Waals surface area contributed by atoms with Gasteiger partial charge in [-0.15, -0.1) is 0 Å². The molecule has 0 atom stereocenters. The van der Waals surface area contributed by atoms with E-state index in [2.05, 4.69) is 10.2 Å². The van der Waals surface area contributed by atoms with Crippen molar-refractivity contribution >= 4 is 11.8 Å². The molecule has 5 nitrogen and oxygen atoms in total. The molecule has 2 fully saturated rings. The summed E-state index contributed by atoms with van der Waals surface area (Å²) < 4.78 is 0. The van der Waals surface area contributed by atoms with Gasteiger partial charge in [0.15, 0.2) is 0 Å². The molecule has 23 heavy (non-hydrogen) atoms. The van der Waals surface area contributed by atoms with Gasteiger partial charge in [0.1, 0.15) is 0 Å². The van der Waals surface area contributed by atoms with Gasteiger partial charge in [0.25, 0.3) is 5.91 Å². The Morgan fingerprint density at radius 3 is 2.30 bits per heavy atom. The quantitative estimate of drug-likeness (QED) is 0.916. The second-order valence-corrected chi connectivity index (χ2v) is 6.40. The number of amides is 2. The summed E-state index contributed by atoms with van der Waals surface area (Å²) in [5, 5.41) is 2.72. The van der Waals surface area contributed by atoms with Crippen LogP contribution in [-0.2, 0) is 4.79 Å². The van der Waals surface area contributed by atoms with Gasteiger partial charge < -0.3 is 10.2 Å². The number of rotatable bonds is 4. The fourth-order valence-electron chi connectivity index (χ4n) is 3.57. The Kier molecular flexibility index (Phi) is 5.28. The highest BCUT2D eigenvalue weighted by Crippen LogP contribution is 2.24. The molecule has 124 valence electrons. The maximum atomic E-state index is 12.3. The molecule has 2 amide bonds. The van der Waals surface area contributed by atoms with Crippen LogP contribution in [0.4, 0.5) is 0 Å². The highest BCUT2D eigenvalue weighted by atomic mass is 16.2. The molecule has 1 aliphatic heterocycles. The van der Waals surface area contributed by atoms with E-state index in [0.29, 0.717) is 5.56 Å². The Balaban J connectivity index is 1.42. The lowest BCUT2D eigenvalue weighted by Crippen LogP contribution is -2.53. The van der Waals surface area contributed by atoms with Gasteiger partial charge in [-0.1, -0.05) is 31.0 Å². The van der Waals surface area contributed by atoms with Crippen LogP contribution in [0.1, 0.15) is 36.0 Å². The molecule has 0 spiro atoms. The summed E-state index contributed by atoms with van der Waals surface area (Å²) in [4.78, 5) is 28.6. The standard InChI is InChI=1S/C18H25N3O2/c22-17(14-19-18(23)15-6-2-1-3-7-15)21-12-10-20(11-13-21)16-8-4-5-9-16/h1-3,6-7,16H,4-5,8-14H2,(H,19,23). The fraction of sp³-hybridized carbons (Fsp3) is 0.556. The van der Waals surface area contributed by atoms with Gasteiger partial charge in [-0.3, -0.25) is 14.5 Å². The van der Waals surface area contributed by atoms with Crippen molar-refractivity contribution in [3.05, 3.63) is 35.9 Å². The molecule has 0 radical (unpaired) electrons. The molecule has 1 aromatic carbocycles. The maximum absolute atomic E-state index is 12.3.